The van der Waals surface area contributed by atoms with Gasteiger partial charge in [-0.3, -0.25) is 4.79 Å². The highest BCUT2D eigenvalue weighted by Gasteiger charge is 2.20. The van der Waals surface area contributed by atoms with Crippen molar-refractivity contribution in [1.29, 1.82) is 0 Å². The molecule has 1 unspecified atom stereocenters. The van der Waals surface area contributed by atoms with Crippen molar-refractivity contribution < 1.29 is 4.79 Å². The Kier molecular flexibility index (Phi) is 4.43. The number of anilines is 1. The summed E-state index contributed by atoms with van der Waals surface area (Å²) in [5, 5.41) is 2.79. The maximum Gasteiger partial charge on any atom is 0.230 e. The van der Waals surface area contributed by atoms with Gasteiger partial charge in [0.15, 0.2) is 0 Å². The zero-order valence-corrected chi connectivity index (χ0v) is 10.0. The van der Waals surface area contributed by atoms with Crippen LogP contribution >= 0.6 is 0 Å². The van der Waals surface area contributed by atoms with Gasteiger partial charge in [-0.25, -0.2) is 4.98 Å². The number of carbonyl (C=O) groups excluding carboxylic acids is 1. The van der Waals surface area contributed by atoms with Crippen LogP contribution in [0.15, 0.2) is 18.2 Å². The molecule has 1 atom stereocenters. The molecule has 0 aliphatic heterocycles. The number of amides is 1. The number of pyridine rings is 1. The number of nitrogens with two attached hydrogens (primary N) is 1. The topological polar surface area (TPSA) is 68.0 Å². The van der Waals surface area contributed by atoms with E-state index >= 15 is 0 Å². The number of hydrogen-bond acceptors (Lipinski definition) is 3. The van der Waals surface area contributed by atoms with Gasteiger partial charge < -0.3 is 11.1 Å². The number of carbonyl (C=O) groups is 1. The molecule has 3 N–H and O–H groups in total. The Morgan fingerprint density at radius 2 is 2.19 bits per heavy atom. The molecule has 4 nitrogen and oxygen atoms in total. The minimum Gasteiger partial charge on any atom is -0.330 e. The van der Waals surface area contributed by atoms with Gasteiger partial charge in [-0.15, -0.1) is 0 Å². The minimum absolute atomic E-state index is 0.0596. The van der Waals surface area contributed by atoms with Crippen molar-refractivity contribution in [3.05, 3.63) is 23.9 Å². The second-order valence-electron chi connectivity index (χ2n) is 4.24. The van der Waals surface area contributed by atoms with E-state index in [9.17, 15) is 4.79 Å². The van der Waals surface area contributed by atoms with Gasteiger partial charge in [-0.2, -0.15) is 0 Å². The zero-order valence-electron chi connectivity index (χ0n) is 10.0. The van der Waals surface area contributed by atoms with Crippen molar-refractivity contribution in [3.8, 4) is 0 Å². The van der Waals surface area contributed by atoms with Crippen LogP contribution in [-0.2, 0) is 4.79 Å². The fraction of sp³-hybridized carbons (Fsp3) is 0.500. The van der Waals surface area contributed by atoms with Crippen LogP contribution in [0.25, 0.3) is 0 Å². The van der Waals surface area contributed by atoms with Crippen molar-refractivity contribution in [2.75, 3.05) is 11.9 Å². The molecule has 0 bridgehead atoms. The first kappa shape index (κ1) is 12.6. The Hall–Kier alpha value is -1.42. The molecule has 0 aliphatic rings. The fourth-order valence-corrected chi connectivity index (χ4v) is 1.51. The third-order valence-corrected chi connectivity index (χ3v) is 2.54. The highest BCUT2D eigenvalue weighted by Crippen LogP contribution is 2.12. The van der Waals surface area contributed by atoms with E-state index in [-0.39, 0.29) is 17.7 Å². The molecule has 16 heavy (non-hydrogen) atoms. The summed E-state index contributed by atoms with van der Waals surface area (Å²) < 4.78 is 0. The third kappa shape index (κ3) is 3.31. The molecule has 1 heterocycles. The second-order valence-corrected chi connectivity index (χ2v) is 4.24. The molecule has 0 saturated carbocycles. The molecule has 1 rings (SSSR count). The van der Waals surface area contributed by atoms with E-state index < -0.39 is 0 Å². The number of hydrogen-bond donors (Lipinski definition) is 2. The lowest BCUT2D eigenvalue weighted by atomic mass is 9.95. The van der Waals surface area contributed by atoms with Crippen molar-refractivity contribution in [3.63, 3.8) is 0 Å². The highest BCUT2D eigenvalue weighted by molar-refractivity contribution is 5.91. The van der Waals surface area contributed by atoms with E-state index in [0.717, 1.165) is 5.69 Å². The summed E-state index contributed by atoms with van der Waals surface area (Å²) >= 11 is 0. The number of aromatic nitrogens is 1. The lowest BCUT2D eigenvalue weighted by Gasteiger charge is -2.17. The maximum atomic E-state index is 11.9. The molecule has 88 valence electrons. The van der Waals surface area contributed by atoms with Crippen LogP contribution in [0.3, 0.4) is 0 Å². The van der Waals surface area contributed by atoms with Crippen molar-refractivity contribution in [1.82, 2.24) is 4.98 Å². The first-order valence-electron chi connectivity index (χ1n) is 5.49. The number of nitrogens with one attached hydrogen (secondary N) is 1. The van der Waals surface area contributed by atoms with E-state index in [1.54, 1.807) is 6.07 Å². The van der Waals surface area contributed by atoms with Crippen LogP contribution in [0, 0.1) is 18.8 Å². The third-order valence-electron chi connectivity index (χ3n) is 2.54. The standard InChI is InChI=1S/C12H19N3O/c1-8(2)10(7-13)12(16)15-11-6-4-5-9(3)14-11/h4-6,8,10H,7,13H2,1-3H3,(H,14,15,16). The molecular formula is C12H19N3O. The van der Waals surface area contributed by atoms with E-state index in [4.69, 9.17) is 5.73 Å². The van der Waals surface area contributed by atoms with E-state index in [1.807, 2.05) is 32.9 Å². The van der Waals surface area contributed by atoms with Crippen molar-refractivity contribution >= 4 is 11.7 Å². The largest absolute Gasteiger partial charge is 0.330 e. The molecule has 0 aliphatic carbocycles. The lowest BCUT2D eigenvalue weighted by Crippen LogP contribution is -2.33. The van der Waals surface area contributed by atoms with Crippen LogP contribution < -0.4 is 11.1 Å². The average molecular weight is 221 g/mol. The van der Waals surface area contributed by atoms with E-state index in [0.29, 0.717) is 12.4 Å². The van der Waals surface area contributed by atoms with Gasteiger partial charge in [0.05, 0.1) is 5.92 Å². The van der Waals surface area contributed by atoms with Crippen LogP contribution in [0.2, 0.25) is 0 Å². The van der Waals surface area contributed by atoms with Gasteiger partial charge in [0, 0.05) is 12.2 Å². The Bertz CT molecular complexity index is 363. The molecule has 0 fully saturated rings. The summed E-state index contributed by atoms with van der Waals surface area (Å²) in [5.41, 5.74) is 6.46. The van der Waals surface area contributed by atoms with Crippen LogP contribution in [0.4, 0.5) is 5.82 Å². The van der Waals surface area contributed by atoms with Gasteiger partial charge in [-0.05, 0) is 25.0 Å². The Labute approximate surface area is 96.3 Å². The van der Waals surface area contributed by atoms with Gasteiger partial charge >= 0.3 is 0 Å². The first-order valence-corrected chi connectivity index (χ1v) is 5.49. The van der Waals surface area contributed by atoms with E-state index in [2.05, 4.69) is 10.3 Å². The summed E-state index contributed by atoms with van der Waals surface area (Å²) in [5.74, 6) is 0.594. The predicted molar refractivity (Wildman–Crippen MR) is 65.0 cm³/mol. The second kappa shape index (κ2) is 5.61. The zero-order chi connectivity index (χ0) is 12.1. The van der Waals surface area contributed by atoms with E-state index in [1.165, 1.54) is 0 Å². The van der Waals surface area contributed by atoms with Crippen LogP contribution in [0.1, 0.15) is 19.5 Å². The summed E-state index contributed by atoms with van der Waals surface area (Å²) in [6.45, 7) is 6.22. The summed E-state index contributed by atoms with van der Waals surface area (Å²) in [4.78, 5) is 16.1. The smallest absolute Gasteiger partial charge is 0.230 e. The van der Waals surface area contributed by atoms with Crippen LogP contribution in [-0.4, -0.2) is 17.4 Å². The molecule has 1 aromatic rings. The SMILES string of the molecule is Cc1cccc(NC(=O)C(CN)C(C)C)n1. The molecule has 1 amide bonds. The average Bonchev–Trinajstić information content (AvgIpc) is 2.17. The van der Waals surface area contributed by atoms with Crippen LogP contribution in [0.5, 0.6) is 0 Å². The number of nitrogens with zero attached hydrogens (tertiary/aromatic N) is 1. The van der Waals surface area contributed by atoms with Gasteiger partial charge in [-0.1, -0.05) is 19.9 Å². The van der Waals surface area contributed by atoms with Crippen molar-refractivity contribution in [2.45, 2.75) is 20.8 Å². The molecule has 0 radical (unpaired) electrons. The summed E-state index contributed by atoms with van der Waals surface area (Å²) in [7, 11) is 0. The molecule has 1 aromatic heterocycles. The van der Waals surface area contributed by atoms with Gasteiger partial charge in [0.25, 0.3) is 0 Å². The quantitative estimate of drug-likeness (QED) is 0.810. The lowest BCUT2D eigenvalue weighted by molar-refractivity contribution is -0.120. The van der Waals surface area contributed by atoms with Gasteiger partial charge in [0.2, 0.25) is 5.91 Å². The monoisotopic (exact) mass is 221 g/mol. The molecule has 0 saturated heterocycles. The maximum absolute atomic E-state index is 11.9. The molecule has 0 spiro atoms. The molecule has 0 aromatic carbocycles. The highest BCUT2D eigenvalue weighted by atomic mass is 16.2. The Morgan fingerprint density at radius 1 is 1.50 bits per heavy atom. The normalized spacial score (nSPS) is 12.6. The molecular weight excluding hydrogens is 202 g/mol. The number of rotatable bonds is 4. The predicted octanol–water partition coefficient (Wildman–Crippen LogP) is 1.56. The van der Waals surface area contributed by atoms with Crippen molar-refractivity contribution in [2.24, 2.45) is 17.6 Å². The Morgan fingerprint density at radius 3 is 2.69 bits per heavy atom. The number of aryl methyl sites for hydroxylation is 1. The first-order chi connectivity index (χ1) is 7.54. The fourth-order valence-electron chi connectivity index (χ4n) is 1.51. The summed E-state index contributed by atoms with van der Waals surface area (Å²) in [6, 6.07) is 5.53. The molecule has 4 heteroatoms. The Balaban J connectivity index is 2.70. The minimum atomic E-state index is -0.165. The summed E-state index contributed by atoms with van der Waals surface area (Å²) in [6.07, 6.45) is 0. The van der Waals surface area contributed by atoms with Gasteiger partial charge in [0.1, 0.15) is 5.82 Å².